The molecule has 0 aliphatic carbocycles. The van der Waals surface area contributed by atoms with Crippen molar-refractivity contribution in [1.29, 1.82) is 0 Å². The van der Waals surface area contributed by atoms with Gasteiger partial charge in [-0.2, -0.15) is 0 Å². The number of nitrogens with zero attached hydrogens (tertiary/aromatic N) is 2. The summed E-state index contributed by atoms with van der Waals surface area (Å²) in [6.07, 6.45) is 4.52. The lowest BCUT2D eigenvalue weighted by atomic mass is 10.1. The maximum absolute atomic E-state index is 5.91. The van der Waals surface area contributed by atoms with Crippen LogP contribution in [0.4, 0.5) is 5.69 Å². The molecule has 16 heavy (non-hydrogen) atoms. The zero-order chi connectivity index (χ0) is 11.5. The van der Waals surface area contributed by atoms with E-state index < -0.39 is 0 Å². The molecule has 0 aliphatic heterocycles. The van der Waals surface area contributed by atoms with Crippen molar-refractivity contribution >= 4 is 17.3 Å². The highest BCUT2D eigenvalue weighted by Gasteiger charge is 2.06. The molecule has 0 fully saturated rings. The molecule has 0 saturated heterocycles. The Morgan fingerprint density at radius 1 is 1.44 bits per heavy atom. The number of benzene rings is 1. The number of aromatic nitrogens is 2. The van der Waals surface area contributed by atoms with Crippen molar-refractivity contribution in [2.45, 2.75) is 19.9 Å². The second-order valence-electron chi connectivity index (χ2n) is 3.65. The first-order valence-electron chi connectivity index (χ1n) is 5.24. The van der Waals surface area contributed by atoms with E-state index in [-0.39, 0.29) is 0 Å². The van der Waals surface area contributed by atoms with E-state index in [0.29, 0.717) is 5.02 Å². The molecule has 0 radical (unpaired) electrons. The van der Waals surface area contributed by atoms with E-state index in [1.807, 2.05) is 24.5 Å². The third-order valence-electron chi connectivity index (χ3n) is 2.60. The Balaban J connectivity index is 2.27. The van der Waals surface area contributed by atoms with E-state index in [1.54, 1.807) is 6.07 Å². The molecule has 0 unspecified atom stereocenters. The summed E-state index contributed by atoms with van der Waals surface area (Å²) < 4.78 is 2.11. The molecule has 4 heteroatoms. The lowest BCUT2D eigenvalue weighted by Crippen LogP contribution is -2.03. The topological polar surface area (TPSA) is 43.8 Å². The Kier molecular flexibility index (Phi) is 3.15. The van der Waals surface area contributed by atoms with Crippen molar-refractivity contribution in [3.63, 3.8) is 0 Å². The Labute approximate surface area is 99.9 Å². The summed E-state index contributed by atoms with van der Waals surface area (Å²) in [6, 6.07) is 5.58. The van der Waals surface area contributed by atoms with Crippen LogP contribution in [0.2, 0.25) is 5.02 Å². The molecule has 2 aromatic rings. The number of anilines is 1. The van der Waals surface area contributed by atoms with Gasteiger partial charge in [0.1, 0.15) is 5.82 Å². The summed E-state index contributed by atoms with van der Waals surface area (Å²) in [4.78, 5) is 4.32. The van der Waals surface area contributed by atoms with Crippen LogP contribution in [0.1, 0.15) is 18.3 Å². The van der Waals surface area contributed by atoms with Gasteiger partial charge in [0.05, 0.1) is 0 Å². The standard InChI is InChI=1S/C12H14ClN3/c1-2-16-6-5-15-12(16)7-9-3-4-10(13)8-11(9)14/h3-6,8H,2,7,14H2,1H3. The molecule has 0 amide bonds. The molecule has 84 valence electrons. The first-order chi connectivity index (χ1) is 7.70. The number of nitrogen functional groups attached to an aromatic ring is 1. The zero-order valence-corrected chi connectivity index (χ0v) is 9.91. The van der Waals surface area contributed by atoms with Crippen molar-refractivity contribution < 1.29 is 0 Å². The Morgan fingerprint density at radius 3 is 2.94 bits per heavy atom. The van der Waals surface area contributed by atoms with Crippen LogP contribution >= 0.6 is 11.6 Å². The zero-order valence-electron chi connectivity index (χ0n) is 9.15. The number of imidazole rings is 1. The summed E-state index contributed by atoms with van der Waals surface area (Å²) in [6.45, 7) is 3.01. The molecular weight excluding hydrogens is 222 g/mol. The smallest absolute Gasteiger partial charge is 0.113 e. The van der Waals surface area contributed by atoms with Gasteiger partial charge in [0.25, 0.3) is 0 Å². The van der Waals surface area contributed by atoms with Crippen LogP contribution in [0.5, 0.6) is 0 Å². The first kappa shape index (κ1) is 11.0. The van der Waals surface area contributed by atoms with Gasteiger partial charge in [-0.25, -0.2) is 4.98 Å². The number of hydrogen-bond acceptors (Lipinski definition) is 2. The Hall–Kier alpha value is -1.48. The van der Waals surface area contributed by atoms with Crippen LogP contribution in [0.3, 0.4) is 0 Å². The van der Waals surface area contributed by atoms with Crippen molar-refractivity contribution in [3.8, 4) is 0 Å². The number of halogens is 1. The fraction of sp³-hybridized carbons (Fsp3) is 0.250. The average molecular weight is 236 g/mol. The molecule has 0 bridgehead atoms. The summed E-state index contributed by atoms with van der Waals surface area (Å²) >= 11 is 5.86. The molecule has 3 nitrogen and oxygen atoms in total. The van der Waals surface area contributed by atoms with Gasteiger partial charge in [-0.15, -0.1) is 0 Å². The van der Waals surface area contributed by atoms with E-state index >= 15 is 0 Å². The van der Waals surface area contributed by atoms with Gasteiger partial charge in [0.15, 0.2) is 0 Å². The lowest BCUT2D eigenvalue weighted by molar-refractivity contribution is 0.712. The van der Waals surface area contributed by atoms with Crippen LogP contribution in [0, 0.1) is 0 Å². The van der Waals surface area contributed by atoms with E-state index in [4.69, 9.17) is 17.3 Å². The third-order valence-corrected chi connectivity index (χ3v) is 2.83. The maximum atomic E-state index is 5.91. The molecule has 1 aromatic carbocycles. The van der Waals surface area contributed by atoms with Gasteiger partial charge in [-0.1, -0.05) is 17.7 Å². The van der Waals surface area contributed by atoms with Gasteiger partial charge < -0.3 is 10.3 Å². The van der Waals surface area contributed by atoms with Crippen molar-refractivity contribution in [1.82, 2.24) is 9.55 Å². The van der Waals surface area contributed by atoms with Gasteiger partial charge in [0.2, 0.25) is 0 Å². The quantitative estimate of drug-likeness (QED) is 0.832. The molecule has 0 spiro atoms. The fourth-order valence-electron chi connectivity index (χ4n) is 1.69. The van der Waals surface area contributed by atoms with Crippen molar-refractivity contribution in [3.05, 3.63) is 47.0 Å². The van der Waals surface area contributed by atoms with Crippen molar-refractivity contribution in [2.75, 3.05) is 5.73 Å². The van der Waals surface area contributed by atoms with Gasteiger partial charge in [-0.05, 0) is 24.6 Å². The first-order valence-corrected chi connectivity index (χ1v) is 5.62. The van der Waals surface area contributed by atoms with Gasteiger partial charge >= 0.3 is 0 Å². The average Bonchev–Trinajstić information content (AvgIpc) is 2.69. The predicted molar refractivity (Wildman–Crippen MR) is 66.6 cm³/mol. The molecular formula is C12H14ClN3. The molecule has 0 saturated carbocycles. The number of aryl methyl sites for hydroxylation is 1. The molecule has 1 aromatic heterocycles. The summed E-state index contributed by atoms with van der Waals surface area (Å²) in [5.74, 6) is 1.02. The number of rotatable bonds is 3. The number of hydrogen-bond donors (Lipinski definition) is 1. The summed E-state index contributed by atoms with van der Waals surface area (Å²) in [5, 5.41) is 0.667. The fourth-order valence-corrected chi connectivity index (χ4v) is 1.87. The van der Waals surface area contributed by atoms with E-state index in [9.17, 15) is 0 Å². The SMILES string of the molecule is CCn1ccnc1Cc1ccc(Cl)cc1N. The second-order valence-corrected chi connectivity index (χ2v) is 4.09. The minimum Gasteiger partial charge on any atom is -0.398 e. The van der Waals surface area contributed by atoms with Gasteiger partial charge in [0, 0.05) is 36.1 Å². The highest BCUT2D eigenvalue weighted by Crippen LogP contribution is 2.20. The van der Waals surface area contributed by atoms with Crippen LogP contribution in [0.25, 0.3) is 0 Å². The van der Waals surface area contributed by atoms with Gasteiger partial charge in [-0.3, -0.25) is 0 Å². The Bertz CT molecular complexity index is 491. The monoisotopic (exact) mass is 235 g/mol. The highest BCUT2D eigenvalue weighted by molar-refractivity contribution is 6.30. The summed E-state index contributed by atoms with van der Waals surface area (Å²) in [7, 11) is 0. The molecule has 0 atom stereocenters. The maximum Gasteiger partial charge on any atom is 0.113 e. The third kappa shape index (κ3) is 2.19. The molecule has 2 N–H and O–H groups in total. The molecule has 1 heterocycles. The van der Waals surface area contributed by atoms with E-state index in [0.717, 1.165) is 30.0 Å². The minimum atomic E-state index is 0.667. The largest absolute Gasteiger partial charge is 0.398 e. The van der Waals surface area contributed by atoms with Crippen LogP contribution in [0.15, 0.2) is 30.6 Å². The van der Waals surface area contributed by atoms with E-state index in [1.165, 1.54) is 0 Å². The highest BCUT2D eigenvalue weighted by atomic mass is 35.5. The van der Waals surface area contributed by atoms with Crippen LogP contribution < -0.4 is 5.73 Å². The number of nitrogens with two attached hydrogens (primary N) is 1. The normalized spacial score (nSPS) is 10.6. The summed E-state index contributed by atoms with van der Waals surface area (Å²) in [5.41, 5.74) is 7.69. The minimum absolute atomic E-state index is 0.667. The van der Waals surface area contributed by atoms with Crippen LogP contribution in [-0.2, 0) is 13.0 Å². The predicted octanol–water partition coefficient (Wildman–Crippen LogP) is 2.73. The molecule has 0 aliphatic rings. The van der Waals surface area contributed by atoms with Crippen LogP contribution in [-0.4, -0.2) is 9.55 Å². The van der Waals surface area contributed by atoms with E-state index in [2.05, 4.69) is 16.5 Å². The lowest BCUT2D eigenvalue weighted by Gasteiger charge is -2.07. The molecule has 2 rings (SSSR count). The Morgan fingerprint density at radius 2 is 2.25 bits per heavy atom. The van der Waals surface area contributed by atoms with Crippen molar-refractivity contribution in [2.24, 2.45) is 0 Å². The second kappa shape index (κ2) is 4.58.